The molecule has 0 heterocycles. The molecule has 0 amide bonds. The van der Waals surface area contributed by atoms with Gasteiger partial charge in [-0.15, -0.1) is 13.1 Å². The van der Waals surface area contributed by atoms with Gasteiger partial charge < -0.3 is 26.6 Å². The van der Waals surface area contributed by atoms with E-state index in [-0.39, 0.29) is 40.1 Å². The molecular weight excluding hydrogens is 163 g/mol. The minimum absolute atomic E-state index is 0. The molecule has 0 spiro atoms. The van der Waals surface area contributed by atoms with Crippen LogP contribution in [-0.2, 0) is 32.7 Å². The van der Waals surface area contributed by atoms with Gasteiger partial charge in [0.05, 0.1) is 0 Å². The summed E-state index contributed by atoms with van der Waals surface area (Å²) in [6, 6.07) is 0. The SMILES string of the molecule is [CH2-]CNC[CH2-].[CH3-].[Y+3]. The first-order valence-electron chi connectivity index (χ1n) is 1.71. The molecule has 7 heavy (non-hydrogen) atoms. The van der Waals surface area contributed by atoms with Crippen LogP contribution in [0.5, 0.6) is 0 Å². The average molecular weight is 175 g/mol. The third kappa shape index (κ3) is 19.3. The standard InChI is InChI=1S/C4H9N.CH3.Y/c1-3-5-4-2;;/h5H,1-4H2;1H3;/q-2;-1;+3. The van der Waals surface area contributed by atoms with Crippen molar-refractivity contribution in [3.05, 3.63) is 21.3 Å². The van der Waals surface area contributed by atoms with Gasteiger partial charge in [-0.2, -0.15) is 0 Å². The van der Waals surface area contributed by atoms with Gasteiger partial charge in [-0.3, -0.25) is 0 Å². The Morgan fingerprint density at radius 1 is 1.14 bits per heavy atom. The second-order valence-electron chi connectivity index (χ2n) is 0.750. The predicted molar refractivity (Wildman–Crippen MR) is 30.0 cm³/mol. The van der Waals surface area contributed by atoms with E-state index >= 15 is 0 Å². The molecule has 0 bridgehead atoms. The summed E-state index contributed by atoms with van der Waals surface area (Å²) in [5, 5.41) is 2.89. The molecule has 0 atom stereocenters. The Morgan fingerprint density at radius 2 is 1.43 bits per heavy atom. The Labute approximate surface area is 72.1 Å². The van der Waals surface area contributed by atoms with Gasteiger partial charge in [0, 0.05) is 0 Å². The van der Waals surface area contributed by atoms with Crippen molar-refractivity contribution >= 4 is 0 Å². The summed E-state index contributed by atoms with van der Waals surface area (Å²) >= 11 is 0. The van der Waals surface area contributed by atoms with Crippen molar-refractivity contribution in [1.82, 2.24) is 5.32 Å². The third-order valence-electron chi connectivity index (χ3n) is 0.354. The molecule has 0 unspecified atom stereocenters. The van der Waals surface area contributed by atoms with Gasteiger partial charge in [-0.05, 0) is 0 Å². The van der Waals surface area contributed by atoms with Gasteiger partial charge >= 0.3 is 32.7 Å². The Hall–Kier alpha value is 1.06. The van der Waals surface area contributed by atoms with Gasteiger partial charge in [-0.1, -0.05) is 0 Å². The van der Waals surface area contributed by atoms with Crippen LogP contribution in [0.3, 0.4) is 0 Å². The molecule has 0 aliphatic heterocycles. The zero-order chi connectivity index (χ0) is 4.12. The van der Waals surface area contributed by atoms with Crippen LogP contribution in [0.2, 0.25) is 0 Å². The van der Waals surface area contributed by atoms with Crippen LogP contribution in [0.1, 0.15) is 0 Å². The molecule has 2 heteroatoms. The number of hydrogen-bond acceptors (Lipinski definition) is 1. The second kappa shape index (κ2) is 15.7. The maximum absolute atomic E-state index is 3.52. The van der Waals surface area contributed by atoms with Gasteiger partial charge in [-0.25, -0.2) is 0 Å². The molecule has 0 aromatic rings. The number of rotatable bonds is 2. The predicted octanol–water partition coefficient (Wildman–Crippen LogP) is 0.692. The van der Waals surface area contributed by atoms with Crippen LogP contribution >= 0.6 is 0 Å². The van der Waals surface area contributed by atoms with Gasteiger partial charge in [0.1, 0.15) is 0 Å². The van der Waals surface area contributed by atoms with Gasteiger partial charge in [0.15, 0.2) is 0 Å². The van der Waals surface area contributed by atoms with E-state index in [0.717, 1.165) is 13.1 Å². The molecule has 0 saturated heterocycles. The maximum atomic E-state index is 3.52. The fourth-order valence-corrected chi connectivity index (χ4v) is 0.125. The van der Waals surface area contributed by atoms with Crippen LogP contribution < -0.4 is 5.32 Å². The van der Waals surface area contributed by atoms with E-state index < -0.39 is 0 Å². The Morgan fingerprint density at radius 3 is 1.43 bits per heavy atom. The quantitative estimate of drug-likeness (QED) is 0.609. The van der Waals surface area contributed by atoms with E-state index in [1.165, 1.54) is 0 Å². The summed E-state index contributed by atoms with van der Waals surface area (Å²) in [6.45, 7) is 8.61. The smallest absolute Gasteiger partial charge is 0.376 e. The van der Waals surface area contributed by atoms with Crippen LogP contribution in [0.25, 0.3) is 0 Å². The van der Waals surface area contributed by atoms with Crippen molar-refractivity contribution in [3.63, 3.8) is 0 Å². The van der Waals surface area contributed by atoms with Crippen LogP contribution in [-0.4, -0.2) is 13.1 Å². The van der Waals surface area contributed by atoms with Crippen molar-refractivity contribution < 1.29 is 32.7 Å². The zero-order valence-corrected chi connectivity index (χ0v) is 7.74. The van der Waals surface area contributed by atoms with Crippen molar-refractivity contribution in [2.45, 2.75) is 0 Å². The van der Waals surface area contributed by atoms with E-state index in [1.807, 2.05) is 0 Å². The summed E-state index contributed by atoms with van der Waals surface area (Å²) in [4.78, 5) is 0. The second-order valence-corrected chi connectivity index (χ2v) is 0.750. The molecule has 1 N–H and O–H groups in total. The molecule has 1 nitrogen and oxygen atoms in total. The fraction of sp³-hybridized carbons (Fsp3) is 0.400. The monoisotopic (exact) mass is 175 g/mol. The molecule has 0 aromatic heterocycles. The van der Waals surface area contributed by atoms with Crippen molar-refractivity contribution in [2.75, 3.05) is 13.1 Å². The fourth-order valence-electron chi connectivity index (χ4n) is 0.125. The van der Waals surface area contributed by atoms with E-state index in [2.05, 4.69) is 19.2 Å². The number of hydrogen-bond donors (Lipinski definition) is 1. The average Bonchev–Trinajstić information content (AvgIpc) is 1.41. The Bertz CT molecular complexity index is 15.6. The van der Waals surface area contributed by atoms with E-state index in [1.54, 1.807) is 0 Å². The molecule has 0 radical (unpaired) electrons. The summed E-state index contributed by atoms with van der Waals surface area (Å²) in [5.74, 6) is 0. The Kier molecular flexibility index (Phi) is 35.3. The van der Waals surface area contributed by atoms with Gasteiger partial charge in [0.2, 0.25) is 0 Å². The molecule has 0 aromatic carbocycles. The van der Waals surface area contributed by atoms with Crippen molar-refractivity contribution in [1.29, 1.82) is 0 Å². The van der Waals surface area contributed by atoms with Crippen LogP contribution in [0, 0.1) is 21.3 Å². The summed E-state index contributed by atoms with van der Waals surface area (Å²) < 4.78 is 0. The van der Waals surface area contributed by atoms with E-state index in [0.29, 0.717) is 0 Å². The first-order valence-corrected chi connectivity index (χ1v) is 1.71. The first kappa shape index (κ1) is 15.7. The minimum Gasteiger partial charge on any atom is -0.376 e. The van der Waals surface area contributed by atoms with E-state index in [9.17, 15) is 0 Å². The zero-order valence-electron chi connectivity index (χ0n) is 4.91. The largest absolute Gasteiger partial charge is 3.00 e. The minimum atomic E-state index is 0. The number of nitrogens with one attached hydrogen (secondary N) is 1. The van der Waals surface area contributed by atoms with Crippen LogP contribution in [0.4, 0.5) is 0 Å². The van der Waals surface area contributed by atoms with Gasteiger partial charge in [0.25, 0.3) is 0 Å². The van der Waals surface area contributed by atoms with Crippen molar-refractivity contribution in [3.8, 4) is 0 Å². The normalized spacial score (nSPS) is 6.00. The molecule has 0 fully saturated rings. The summed E-state index contributed by atoms with van der Waals surface area (Å²) in [5.41, 5.74) is 0. The third-order valence-corrected chi connectivity index (χ3v) is 0.354. The van der Waals surface area contributed by atoms with Crippen LogP contribution in [0.15, 0.2) is 0 Å². The molecule has 0 aliphatic carbocycles. The summed E-state index contributed by atoms with van der Waals surface area (Å²) in [6.07, 6.45) is 0. The Balaban J connectivity index is -0.0000000800. The van der Waals surface area contributed by atoms with E-state index in [4.69, 9.17) is 0 Å². The summed E-state index contributed by atoms with van der Waals surface area (Å²) in [7, 11) is 0. The first-order chi connectivity index (χ1) is 2.41. The molecule has 40 valence electrons. The van der Waals surface area contributed by atoms with Crippen molar-refractivity contribution in [2.24, 2.45) is 0 Å². The molecule has 0 aliphatic rings. The molecule has 0 saturated carbocycles. The molecular formula is C5H12NY. The topological polar surface area (TPSA) is 12.0 Å². The molecule has 0 rings (SSSR count). The maximum Gasteiger partial charge on any atom is 3.00 e.